The fourth-order valence-electron chi connectivity index (χ4n) is 1.72. The molecule has 0 saturated heterocycles. The Morgan fingerprint density at radius 2 is 2.21 bits per heavy atom. The van der Waals surface area contributed by atoms with E-state index in [4.69, 9.17) is 10.2 Å². The number of furan rings is 1. The molecule has 0 fully saturated rings. The van der Waals surface area contributed by atoms with E-state index in [1.54, 1.807) is 0 Å². The molecule has 14 heavy (non-hydrogen) atoms. The molecule has 74 valence electrons. The van der Waals surface area contributed by atoms with Gasteiger partial charge in [0.2, 0.25) is 0 Å². The first-order valence-electron chi connectivity index (χ1n) is 4.66. The van der Waals surface area contributed by atoms with E-state index in [-0.39, 0.29) is 0 Å². The van der Waals surface area contributed by atoms with Crippen LogP contribution < -0.4 is 5.73 Å². The smallest absolute Gasteiger partial charge is 0.134 e. The Morgan fingerprint density at radius 1 is 1.43 bits per heavy atom. The van der Waals surface area contributed by atoms with Gasteiger partial charge < -0.3 is 10.2 Å². The van der Waals surface area contributed by atoms with Crippen molar-refractivity contribution < 1.29 is 4.42 Å². The Labute approximate surface area is 91.2 Å². The fraction of sp³-hybridized carbons (Fsp3) is 0.273. The average Bonchev–Trinajstić information content (AvgIpc) is 2.54. The van der Waals surface area contributed by atoms with E-state index < -0.39 is 0 Å². The maximum atomic E-state index is 5.65. The molecule has 1 aromatic carbocycles. The van der Waals surface area contributed by atoms with Crippen molar-refractivity contribution in [3.8, 4) is 0 Å². The first-order chi connectivity index (χ1) is 6.76. The van der Waals surface area contributed by atoms with Gasteiger partial charge in [0.05, 0.1) is 6.54 Å². The molecule has 2 rings (SSSR count). The Morgan fingerprint density at radius 3 is 2.86 bits per heavy atom. The predicted octanol–water partition coefficient (Wildman–Crippen LogP) is 3.22. The molecular weight excluding hydrogens is 242 g/mol. The number of hydrogen-bond acceptors (Lipinski definition) is 2. The normalized spacial score (nSPS) is 11.1. The molecule has 0 amide bonds. The minimum atomic E-state index is 0.468. The van der Waals surface area contributed by atoms with Gasteiger partial charge in [-0.15, -0.1) is 0 Å². The molecular formula is C11H12BrNO. The third kappa shape index (κ3) is 1.47. The zero-order valence-electron chi connectivity index (χ0n) is 8.01. The molecule has 2 aromatic rings. The van der Waals surface area contributed by atoms with Gasteiger partial charge in [0.1, 0.15) is 11.3 Å². The summed E-state index contributed by atoms with van der Waals surface area (Å²) in [6, 6.07) is 6.03. The highest BCUT2D eigenvalue weighted by molar-refractivity contribution is 9.10. The first-order valence-corrected chi connectivity index (χ1v) is 5.45. The van der Waals surface area contributed by atoms with Crippen LogP contribution in [0, 0.1) is 0 Å². The quantitative estimate of drug-likeness (QED) is 0.893. The van der Waals surface area contributed by atoms with Crippen LogP contribution in [0.25, 0.3) is 11.0 Å². The number of hydrogen-bond donors (Lipinski definition) is 1. The van der Waals surface area contributed by atoms with Crippen molar-refractivity contribution in [1.29, 1.82) is 0 Å². The van der Waals surface area contributed by atoms with Crippen LogP contribution in [0.5, 0.6) is 0 Å². The number of benzene rings is 1. The van der Waals surface area contributed by atoms with Gasteiger partial charge in [-0.3, -0.25) is 0 Å². The van der Waals surface area contributed by atoms with E-state index in [0.717, 1.165) is 22.2 Å². The largest absolute Gasteiger partial charge is 0.459 e. The van der Waals surface area contributed by atoms with Crippen LogP contribution >= 0.6 is 15.9 Å². The topological polar surface area (TPSA) is 39.2 Å². The number of rotatable bonds is 2. The molecule has 1 aromatic heterocycles. The SMILES string of the molecule is CCc1c(CN)oc2ccc(Br)cc12. The van der Waals surface area contributed by atoms with Crippen molar-refractivity contribution >= 4 is 26.9 Å². The third-order valence-electron chi connectivity index (χ3n) is 2.38. The lowest BCUT2D eigenvalue weighted by Gasteiger charge is -1.95. The highest BCUT2D eigenvalue weighted by atomic mass is 79.9. The van der Waals surface area contributed by atoms with E-state index in [2.05, 4.69) is 28.9 Å². The van der Waals surface area contributed by atoms with Gasteiger partial charge in [0.15, 0.2) is 0 Å². The average molecular weight is 254 g/mol. The summed E-state index contributed by atoms with van der Waals surface area (Å²) in [6.07, 6.45) is 0.954. The van der Waals surface area contributed by atoms with Gasteiger partial charge in [-0.25, -0.2) is 0 Å². The molecule has 2 N–H and O–H groups in total. The van der Waals surface area contributed by atoms with Crippen molar-refractivity contribution in [2.45, 2.75) is 19.9 Å². The van der Waals surface area contributed by atoms with Crippen LogP contribution in [0.1, 0.15) is 18.2 Å². The molecule has 0 aliphatic heterocycles. The highest BCUT2D eigenvalue weighted by Gasteiger charge is 2.10. The second kappa shape index (κ2) is 3.75. The summed E-state index contributed by atoms with van der Waals surface area (Å²) in [5, 5.41) is 1.17. The monoisotopic (exact) mass is 253 g/mol. The van der Waals surface area contributed by atoms with Gasteiger partial charge >= 0.3 is 0 Å². The van der Waals surface area contributed by atoms with Crippen molar-refractivity contribution in [3.05, 3.63) is 34.0 Å². The Bertz CT molecular complexity index is 462. The van der Waals surface area contributed by atoms with Crippen LogP contribution in [0.4, 0.5) is 0 Å². The second-order valence-corrected chi connectivity index (χ2v) is 4.12. The van der Waals surface area contributed by atoms with Crippen molar-refractivity contribution in [3.63, 3.8) is 0 Å². The summed E-state index contributed by atoms with van der Waals surface area (Å²) < 4.78 is 6.72. The summed E-state index contributed by atoms with van der Waals surface area (Å²) in [6.45, 7) is 2.58. The molecule has 0 bridgehead atoms. The minimum absolute atomic E-state index is 0.468. The van der Waals surface area contributed by atoms with E-state index in [9.17, 15) is 0 Å². The lowest BCUT2D eigenvalue weighted by molar-refractivity contribution is 0.546. The zero-order chi connectivity index (χ0) is 10.1. The second-order valence-electron chi connectivity index (χ2n) is 3.20. The fourth-order valence-corrected chi connectivity index (χ4v) is 2.09. The lowest BCUT2D eigenvalue weighted by Crippen LogP contribution is -1.97. The summed E-state index contributed by atoms with van der Waals surface area (Å²) in [4.78, 5) is 0. The highest BCUT2D eigenvalue weighted by Crippen LogP contribution is 2.28. The molecule has 0 spiro atoms. The summed E-state index contributed by atoms with van der Waals surface area (Å²) >= 11 is 3.45. The number of nitrogens with two attached hydrogens (primary N) is 1. The molecule has 0 saturated carbocycles. The number of aryl methyl sites for hydroxylation is 1. The van der Waals surface area contributed by atoms with Gasteiger partial charge in [0.25, 0.3) is 0 Å². The van der Waals surface area contributed by atoms with Crippen LogP contribution in [0.15, 0.2) is 27.1 Å². The molecule has 3 heteroatoms. The first kappa shape index (κ1) is 9.74. The molecule has 0 unspecified atom stereocenters. The van der Waals surface area contributed by atoms with Crippen LogP contribution in [-0.2, 0) is 13.0 Å². The zero-order valence-corrected chi connectivity index (χ0v) is 9.60. The molecule has 1 heterocycles. The number of halogens is 1. The van der Waals surface area contributed by atoms with Gasteiger partial charge in [-0.05, 0) is 24.6 Å². The standard InChI is InChI=1S/C11H12BrNO/c1-2-8-9-5-7(12)3-4-10(9)14-11(8)6-13/h3-5H,2,6,13H2,1H3. The Kier molecular flexibility index (Phi) is 2.61. The molecule has 0 radical (unpaired) electrons. The maximum Gasteiger partial charge on any atom is 0.134 e. The van der Waals surface area contributed by atoms with Gasteiger partial charge in [0, 0.05) is 15.4 Å². The van der Waals surface area contributed by atoms with Gasteiger partial charge in [-0.2, -0.15) is 0 Å². The van der Waals surface area contributed by atoms with E-state index >= 15 is 0 Å². The Hall–Kier alpha value is -0.800. The summed E-state index contributed by atoms with van der Waals surface area (Å²) in [7, 11) is 0. The van der Waals surface area contributed by atoms with Crippen LogP contribution in [-0.4, -0.2) is 0 Å². The molecule has 0 atom stereocenters. The predicted molar refractivity (Wildman–Crippen MR) is 61.2 cm³/mol. The van der Waals surface area contributed by atoms with E-state index in [1.807, 2.05) is 12.1 Å². The van der Waals surface area contributed by atoms with E-state index in [0.29, 0.717) is 6.54 Å². The molecule has 0 aliphatic rings. The van der Waals surface area contributed by atoms with Crippen molar-refractivity contribution in [2.24, 2.45) is 5.73 Å². The number of fused-ring (bicyclic) bond motifs is 1. The third-order valence-corrected chi connectivity index (χ3v) is 2.87. The summed E-state index contributed by atoms with van der Waals surface area (Å²) in [5.74, 6) is 0.903. The minimum Gasteiger partial charge on any atom is -0.459 e. The molecule has 2 nitrogen and oxygen atoms in total. The molecule has 0 aliphatic carbocycles. The van der Waals surface area contributed by atoms with Crippen LogP contribution in [0.3, 0.4) is 0 Å². The maximum absolute atomic E-state index is 5.65. The lowest BCUT2D eigenvalue weighted by atomic mass is 10.1. The van der Waals surface area contributed by atoms with E-state index in [1.165, 1.54) is 10.9 Å². The Balaban J connectivity index is 2.74. The van der Waals surface area contributed by atoms with Crippen LogP contribution in [0.2, 0.25) is 0 Å². The summed E-state index contributed by atoms with van der Waals surface area (Å²) in [5.41, 5.74) is 7.77. The van der Waals surface area contributed by atoms with Gasteiger partial charge in [-0.1, -0.05) is 22.9 Å². The van der Waals surface area contributed by atoms with Crippen molar-refractivity contribution in [2.75, 3.05) is 0 Å². The van der Waals surface area contributed by atoms with Crippen molar-refractivity contribution in [1.82, 2.24) is 0 Å².